The van der Waals surface area contributed by atoms with Crippen molar-refractivity contribution in [3.8, 4) is 0 Å². The van der Waals surface area contributed by atoms with Gasteiger partial charge < -0.3 is 5.32 Å². The van der Waals surface area contributed by atoms with Gasteiger partial charge in [0, 0.05) is 14.1 Å². The summed E-state index contributed by atoms with van der Waals surface area (Å²) in [4.78, 5) is 6.22. The molecule has 11 heavy (non-hydrogen) atoms. The fourth-order valence-corrected chi connectivity index (χ4v) is 1.25. The van der Waals surface area contributed by atoms with Gasteiger partial charge in [0.1, 0.15) is 0 Å². The van der Waals surface area contributed by atoms with E-state index in [1.165, 1.54) is 0 Å². The zero-order chi connectivity index (χ0) is 8.85. The Morgan fingerprint density at radius 2 is 2.09 bits per heavy atom. The van der Waals surface area contributed by atoms with E-state index in [1.807, 2.05) is 7.05 Å². The number of nitrogens with one attached hydrogen (secondary N) is 1. The Labute approximate surface area is 73.3 Å². The summed E-state index contributed by atoms with van der Waals surface area (Å²) in [6.45, 7) is 2.15. The maximum Gasteiger partial charge on any atom is 0.157 e. The molecule has 0 saturated heterocycles. The van der Waals surface area contributed by atoms with E-state index in [2.05, 4.69) is 36.2 Å². The lowest BCUT2D eigenvalue weighted by molar-refractivity contribution is 0.403. The molecule has 0 bridgehead atoms. The average molecular weight is 175 g/mol. The predicted molar refractivity (Wildman–Crippen MR) is 53.2 cm³/mol. The molecule has 1 unspecified atom stereocenters. The Kier molecular flexibility index (Phi) is 5.32. The van der Waals surface area contributed by atoms with E-state index in [0.29, 0.717) is 5.37 Å². The van der Waals surface area contributed by atoms with E-state index < -0.39 is 0 Å². The number of nitrogens with zero attached hydrogens (tertiary/aromatic N) is 2. The lowest BCUT2D eigenvalue weighted by atomic mass is 10.7. The molecule has 0 aromatic heterocycles. The number of rotatable bonds is 2. The molecule has 0 aromatic carbocycles. The topological polar surface area (TPSA) is 27.6 Å². The molecule has 4 heteroatoms. The van der Waals surface area contributed by atoms with Gasteiger partial charge >= 0.3 is 0 Å². The van der Waals surface area contributed by atoms with E-state index in [0.717, 1.165) is 5.17 Å². The van der Waals surface area contributed by atoms with Crippen LogP contribution in [0.4, 0.5) is 0 Å². The van der Waals surface area contributed by atoms with E-state index in [-0.39, 0.29) is 0 Å². The SMILES string of the molecule is CN=C(NC)SC(C)N(C)C. The Morgan fingerprint density at radius 1 is 1.55 bits per heavy atom. The van der Waals surface area contributed by atoms with Crippen LogP contribution in [0.25, 0.3) is 0 Å². The minimum atomic E-state index is 0.459. The summed E-state index contributed by atoms with van der Waals surface area (Å²) in [6, 6.07) is 0. The number of aliphatic imine (C=N–C) groups is 1. The molecule has 0 aliphatic carbocycles. The maximum absolute atomic E-state index is 4.07. The van der Waals surface area contributed by atoms with Gasteiger partial charge in [-0.05, 0) is 21.0 Å². The van der Waals surface area contributed by atoms with Crippen LogP contribution in [-0.4, -0.2) is 43.6 Å². The fourth-order valence-electron chi connectivity index (χ4n) is 0.490. The Morgan fingerprint density at radius 3 is 2.36 bits per heavy atom. The van der Waals surface area contributed by atoms with Crippen LogP contribution in [0.15, 0.2) is 4.99 Å². The monoisotopic (exact) mass is 175 g/mol. The lowest BCUT2D eigenvalue weighted by Gasteiger charge is -2.19. The first-order chi connectivity index (χ1) is 5.11. The van der Waals surface area contributed by atoms with Gasteiger partial charge in [-0.2, -0.15) is 0 Å². The summed E-state index contributed by atoms with van der Waals surface area (Å²) in [6.07, 6.45) is 0. The molecule has 0 spiro atoms. The van der Waals surface area contributed by atoms with E-state index >= 15 is 0 Å². The molecule has 3 nitrogen and oxygen atoms in total. The zero-order valence-corrected chi connectivity index (χ0v) is 8.70. The van der Waals surface area contributed by atoms with Crippen LogP contribution in [-0.2, 0) is 0 Å². The molecule has 0 aromatic rings. The molecule has 1 N–H and O–H groups in total. The van der Waals surface area contributed by atoms with Gasteiger partial charge in [0.05, 0.1) is 5.37 Å². The van der Waals surface area contributed by atoms with Crippen LogP contribution >= 0.6 is 11.8 Å². The van der Waals surface area contributed by atoms with Crippen molar-refractivity contribution in [3.05, 3.63) is 0 Å². The van der Waals surface area contributed by atoms with Gasteiger partial charge in [0.2, 0.25) is 0 Å². The summed E-state index contributed by atoms with van der Waals surface area (Å²) in [5.74, 6) is 0. The molecule has 0 amide bonds. The van der Waals surface area contributed by atoms with Crippen LogP contribution < -0.4 is 5.32 Å². The van der Waals surface area contributed by atoms with Crippen molar-refractivity contribution in [3.63, 3.8) is 0 Å². The number of hydrogen-bond acceptors (Lipinski definition) is 3. The summed E-state index contributed by atoms with van der Waals surface area (Å²) in [5, 5.41) is 4.46. The van der Waals surface area contributed by atoms with Crippen molar-refractivity contribution in [2.45, 2.75) is 12.3 Å². The maximum atomic E-state index is 4.07. The van der Waals surface area contributed by atoms with Gasteiger partial charge in [-0.25, -0.2) is 0 Å². The smallest absolute Gasteiger partial charge is 0.157 e. The first-order valence-electron chi connectivity index (χ1n) is 3.59. The van der Waals surface area contributed by atoms with Gasteiger partial charge in [-0.3, -0.25) is 9.89 Å². The molecule has 0 saturated carbocycles. The second kappa shape index (κ2) is 5.43. The van der Waals surface area contributed by atoms with Crippen LogP contribution in [0.2, 0.25) is 0 Å². The van der Waals surface area contributed by atoms with E-state index in [9.17, 15) is 0 Å². The Bertz CT molecular complexity index is 134. The van der Waals surface area contributed by atoms with Crippen molar-refractivity contribution >= 4 is 16.9 Å². The quantitative estimate of drug-likeness (QED) is 0.383. The molecule has 0 heterocycles. The van der Waals surface area contributed by atoms with Crippen molar-refractivity contribution in [1.29, 1.82) is 0 Å². The van der Waals surface area contributed by atoms with Gasteiger partial charge in [0.25, 0.3) is 0 Å². The first kappa shape index (κ1) is 10.8. The third kappa shape index (κ3) is 4.27. The highest BCUT2D eigenvalue weighted by Crippen LogP contribution is 2.12. The number of amidine groups is 1. The summed E-state index contributed by atoms with van der Waals surface area (Å²) in [5.41, 5.74) is 0. The standard InChI is InChI=1S/C7H17N3S/c1-6(10(4)5)11-7(8-2)9-3/h6H,1-5H3,(H,8,9). The normalized spacial score (nSPS) is 15.3. The second-order valence-electron chi connectivity index (χ2n) is 2.46. The lowest BCUT2D eigenvalue weighted by Crippen LogP contribution is -2.26. The minimum absolute atomic E-state index is 0.459. The van der Waals surface area contributed by atoms with Crippen LogP contribution in [0.5, 0.6) is 0 Å². The highest BCUT2D eigenvalue weighted by atomic mass is 32.2. The van der Waals surface area contributed by atoms with Gasteiger partial charge in [-0.1, -0.05) is 11.8 Å². The number of hydrogen-bond donors (Lipinski definition) is 1. The summed E-state index contributed by atoms with van der Waals surface area (Å²) < 4.78 is 0. The van der Waals surface area contributed by atoms with Crippen LogP contribution in [0.1, 0.15) is 6.92 Å². The molecule has 0 aliphatic rings. The molecular weight excluding hydrogens is 158 g/mol. The molecule has 66 valence electrons. The average Bonchev–Trinajstić information content (AvgIpc) is 1.99. The predicted octanol–water partition coefficient (Wildman–Crippen LogP) is 0.832. The third-order valence-electron chi connectivity index (χ3n) is 1.43. The second-order valence-corrected chi connectivity index (χ2v) is 3.76. The molecule has 0 aliphatic heterocycles. The molecule has 0 fully saturated rings. The minimum Gasteiger partial charge on any atom is -0.368 e. The zero-order valence-electron chi connectivity index (χ0n) is 7.88. The molecule has 0 rings (SSSR count). The highest BCUT2D eigenvalue weighted by Gasteiger charge is 2.07. The molecular formula is C7H17N3S. The Balaban J connectivity index is 3.82. The van der Waals surface area contributed by atoms with Crippen LogP contribution in [0, 0.1) is 0 Å². The van der Waals surface area contributed by atoms with Crippen molar-refractivity contribution in [2.75, 3.05) is 28.2 Å². The number of thioether (sulfide) groups is 1. The van der Waals surface area contributed by atoms with Crippen molar-refractivity contribution in [1.82, 2.24) is 10.2 Å². The fraction of sp³-hybridized carbons (Fsp3) is 0.857. The van der Waals surface area contributed by atoms with E-state index in [1.54, 1.807) is 18.8 Å². The summed E-state index contributed by atoms with van der Waals surface area (Å²) >= 11 is 1.72. The highest BCUT2D eigenvalue weighted by molar-refractivity contribution is 8.14. The van der Waals surface area contributed by atoms with Crippen LogP contribution in [0.3, 0.4) is 0 Å². The van der Waals surface area contributed by atoms with Gasteiger partial charge in [0.15, 0.2) is 5.17 Å². The Hall–Kier alpha value is -0.220. The first-order valence-corrected chi connectivity index (χ1v) is 4.47. The molecule has 1 atom stereocenters. The van der Waals surface area contributed by atoms with E-state index in [4.69, 9.17) is 0 Å². The summed E-state index contributed by atoms with van der Waals surface area (Å²) in [7, 11) is 7.79. The molecule has 0 radical (unpaired) electrons. The van der Waals surface area contributed by atoms with Gasteiger partial charge in [-0.15, -0.1) is 0 Å². The largest absolute Gasteiger partial charge is 0.368 e. The van der Waals surface area contributed by atoms with Crippen molar-refractivity contribution in [2.24, 2.45) is 4.99 Å². The third-order valence-corrected chi connectivity index (χ3v) is 2.80. The van der Waals surface area contributed by atoms with Crippen molar-refractivity contribution < 1.29 is 0 Å².